The smallest absolute Gasteiger partial charge is 0.238 e. The Kier molecular flexibility index (Phi) is 3.18. The molecular formula is C9H17N5O. The fraction of sp³-hybridized carbons (Fsp3) is 0.556. The minimum Gasteiger partial charge on any atom is -0.423 e. The van der Waals surface area contributed by atoms with Gasteiger partial charge in [-0.05, 0) is 13.8 Å². The summed E-state index contributed by atoms with van der Waals surface area (Å²) in [7, 11) is 3.70. The molecule has 3 N–H and O–H groups in total. The molecule has 0 aromatic carbocycles. The maximum Gasteiger partial charge on any atom is 0.238 e. The van der Waals surface area contributed by atoms with E-state index in [-0.39, 0.29) is 12.0 Å². The van der Waals surface area contributed by atoms with Crippen LogP contribution in [0, 0.1) is 0 Å². The van der Waals surface area contributed by atoms with Gasteiger partial charge in [-0.3, -0.25) is 4.99 Å². The quantitative estimate of drug-likeness (QED) is 0.679. The number of nitrogens with zero attached hydrogens (tertiary/aromatic N) is 4. The first-order chi connectivity index (χ1) is 6.91. The lowest BCUT2D eigenvalue weighted by molar-refractivity contribution is 0.174. The largest absolute Gasteiger partial charge is 0.423 e. The van der Waals surface area contributed by atoms with Crippen LogP contribution in [0.4, 0.5) is 11.8 Å². The topological polar surface area (TPSA) is 79.7 Å². The van der Waals surface area contributed by atoms with Crippen LogP contribution in [-0.2, 0) is 0 Å². The summed E-state index contributed by atoms with van der Waals surface area (Å²) >= 11 is 0. The molecule has 0 atom stereocenters. The van der Waals surface area contributed by atoms with Crippen LogP contribution in [-0.4, -0.2) is 35.1 Å². The third-order valence-electron chi connectivity index (χ3n) is 1.77. The minimum absolute atomic E-state index is 0.0283. The Morgan fingerprint density at radius 2 is 2.13 bits per heavy atom. The van der Waals surface area contributed by atoms with Gasteiger partial charge in [-0.2, -0.15) is 4.98 Å². The number of aromatic nitrogens is 2. The molecule has 1 rings (SSSR count). The highest BCUT2D eigenvalue weighted by molar-refractivity contribution is 5.39. The molecule has 1 aromatic heterocycles. The maximum absolute atomic E-state index is 9.57. The Labute approximate surface area is 88.6 Å². The fourth-order valence-electron chi connectivity index (χ4n) is 1.08. The molecule has 0 saturated carbocycles. The number of nitrogens with two attached hydrogens (primary N) is 1. The zero-order chi connectivity index (χ0) is 11.6. The van der Waals surface area contributed by atoms with Gasteiger partial charge in [0.2, 0.25) is 5.95 Å². The van der Waals surface area contributed by atoms with E-state index < -0.39 is 0 Å². The van der Waals surface area contributed by atoms with Crippen molar-refractivity contribution >= 4 is 11.8 Å². The standard InChI is InChI=1S/C9H17N5O/c1-6(2)11-8-5-7(13(3)4)12-9(10)14(8)15/h5-6,15H,1-4H3,(H2,10,12). The molecule has 0 radical (unpaired) electrons. The third kappa shape index (κ3) is 2.61. The Morgan fingerprint density at radius 3 is 2.60 bits per heavy atom. The van der Waals surface area contributed by atoms with Crippen molar-refractivity contribution in [1.82, 2.24) is 9.71 Å². The molecule has 0 bridgehead atoms. The molecule has 0 fully saturated rings. The summed E-state index contributed by atoms with van der Waals surface area (Å²) in [6.45, 7) is 3.85. The normalized spacial score (nSPS) is 12.2. The summed E-state index contributed by atoms with van der Waals surface area (Å²) in [5, 5.41) is 9.57. The molecule has 15 heavy (non-hydrogen) atoms. The second-order valence-corrected chi connectivity index (χ2v) is 3.76. The van der Waals surface area contributed by atoms with Gasteiger partial charge in [0, 0.05) is 26.2 Å². The van der Waals surface area contributed by atoms with Crippen molar-refractivity contribution in [3.8, 4) is 0 Å². The van der Waals surface area contributed by atoms with E-state index in [1.807, 2.05) is 27.9 Å². The van der Waals surface area contributed by atoms with Gasteiger partial charge in [-0.1, -0.05) is 0 Å². The van der Waals surface area contributed by atoms with Crippen LogP contribution in [0.25, 0.3) is 0 Å². The fourth-order valence-corrected chi connectivity index (χ4v) is 1.08. The first kappa shape index (κ1) is 11.4. The lowest BCUT2D eigenvalue weighted by Gasteiger charge is -2.13. The van der Waals surface area contributed by atoms with Crippen molar-refractivity contribution in [3.63, 3.8) is 0 Å². The monoisotopic (exact) mass is 211 g/mol. The minimum atomic E-state index is 0.0283. The van der Waals surface area contributed by atoms with Crippen molar-refractivity contribution in [2.45, 2.75) is 19.9 Å². The van der Waals surface area contributed by atoms with Crippen LogP contribution >= 0.6 is 0 Å². The van der Waals surface area contributed by atoms with Crippen LogP contribution in [0.15, 0.2) is 11.1 Å². The molecule has 0 saturated heterocycles. The lowest BCUT2D eigenvalue weighted by atomic mass is 10.4. The Bertz CT molecular complexity index is 407. The molecule has 0 aliphatic carbocycles. The summed E-state index contributed by atoms with van der Waals surface area (Å²) in [6.07, 6.45) is 0. The van der Waals surface area contributed by atoms with Gasteiger partial charge in [-0.15, -0.1) is 4.73 Å². The molecular weight excluding hydrogens is 194 g/mol. The molecule has 6 nitrogen and oxygen atoms in total. The molecule has 1 aromatic rings. The summed E-state index contributed by atoms with van der Waals surface area (Å²) in [6, 6.07) is 1.76. The number of hydrogen-bond donors (Lipinski definition) is 2. The van der Waals surface area contributed by atoms with Gasteiger partial charge >= 0.3 is 0 Å². The Balaban J connectivity index is 3.38. The van der Waals surface area contributed by atoms with Crippen molar-refractivity contribution in [3.05, 3.63) is 11.6 Å². The Hall–Kier alpha value is -1.72. The van der Waals surface area contributed by atoms with E-state index in [0.29, 0.717) is 11.3 Å². The second-order valence-electron chi connectivity index (χ2n) is 3.76. The average Bonchev–Trinajstić information content (AvgIpc) is 2.11. The van der Waals surface area contributed by atoms with E-state index in [0.717, 1.165) is 4.73 Å². The molecule has 0 aliphatic heterocycles. The SMILES string of the molecule is CC(C)N=c1cc(N(C)C)nc(N)n1O. The number of anilines is 2. The van der Waals surface area contributed by atoms with Crippen molar-refractivity contribution in [1.29, 1.82) is 0 Å². The van der Waals surface area contributed by atoms with E-state index >= 15 is 0 Å². The maximum atomic E-state index is 9.57. The zero-order valence-corrected chi connectivity index (χ0v) is 9.47. The first-order valence-electron chi connectivity index (χ1n) is 4.71. The highest BCUT2D eigenvalue weighted by Gasteiger charge is 2.04. The second kappa shape index (κ2) is 4.20. The van der Waals surface area contributed by atoms with Crippen LogP contribution < -0.4 is 16.1 Å². The van der Waals surface area contributed by atoms with Gasteiger partial charge in [0.15, 0.2) is 5.49 Å². The van der Waals surface area contributed by atoms with Crippen LogP contribution in [0.5, 0.6) is 0 Å². The van der Waals surface area contributed by atoms with E-state index in [4.69, 9.17) is 5.73 Å². The molecule has 1 heterocycles. The summed E-state index contributed by atoms with van der Waals surface area (Å²) < 4.78 is 0.785. The van der Waals surface area contributed by atoms with Crippen LogP contribution in [0.2, 0.25) is 0 Å². The van der Waals surface area contributed by atoms with E-state index in [2.05, 4.69) is 9.98 Å². The third-order valence-corrected chi connectivity index (χ3v) is 1.77. The molecule has 0 amide bonds. The highest BCUT2D eigenvalue weighted by Crippen LogP contribution is 2.04. The van der Waals surface area contributed by atoms with Gasteiger partial charge in [0.1, 0.15) is 5.82 Å². The number of hydrogen-bond acceptors (Lipinski definition) is 5. The summed E-state index contributed by atoms with van der Waals surface area (Å²) in [5.74, 6) is 0.692. The van der Waals surface area contributed by atoms with Gasteiger partial charge in [0.05, 0.1) is 0 Å². The lowest BCUT2D eigenvalue weighted by Crippen LogP contribution is -2.27. The average molecular weight is 211 g/mol. The molecule has 6 heteroatoms. The summed E-state index contributed by atoms with van der Waals surface area (Å²) in [4.78, 5) is 10.0. The summed E-state index contributed by atoms with van der Waals surface area (Å²) in [5.41, 5.74) is 5.95. The zero-order valence-electron chi connectivity index (χ0n) is 9.47. The van der Waals surface area contributed by atoms with Crippen LogP contribution in [0.1, 0.15) is 13.8 Å². The number of nitrogen functional groups attached to an aromatic ring is 1. The predicted octanol–water partition coefficient (Wildman–Crippen LogP) is 0.0777. The number of rotatable bonds is 2. The molecule has 0 aliphatic rings. The van der Waals surface area contributed by atoms with E-state index in [9.17, 15) is 5.21 Å². The molecule has 84 valence electrons. The highest BCUT2D eigenvalue weighted by atomic mass is 16.5. The van der Waals surface area contributed by atoms with E-state index in [1.54, 1.807) is 11.0 Å². The van der Waals surface area contributed by atoms with Gasteiger partial charge in [-0.25, -0.2) is 0 Å². The van der Waals surface area contributed by atoms with Gasteiger partial charge < -0.3 is 15.8 Å². The van der Waals surface area contributed by atoms with Crippen molar-refractivity contribution < 1.29 is 5.21 Å². The van der Waals surface area contributed by atoms with Crippen molar-refractivity contribution in [2.24, 2.45) is 4.99 Å². The molecule has 0 unspecified atom stereocenters. The molecule has 0 spiro atoms. The van der Waals surface area contributed by atoms with E-state index in [1.165, 1.54) is 0 Å². The Morgan fingerprint density at radius 1 is 1.53 bits per heavy atom. The van der Waals surface area contributed by atoms with Crippen LogP contribution in [0.3, 0.4) is 0 Å². The van der Waals surface area contributed by atoms with Gasteiger partial charge in [0.25, 0.3) is 0 Å². The van der Waals surface area contributed by atoms with Crippen molar-refractivity contribution in [2.75, 3.05) is 24.7 Å². The predicted molar refractivity (Wildman–Crippen MR) is 58.8 cm³/mol. The first-order valence-corrected chi connectivity index (χ1v) is 4.71.